The van der Waals surface area contributed by atoms with Gasteiger partial charge in [-0.25, -0.2) is 13.6 Å². The SMILES string of the molecule is O=C(Oc1ccc2[nH]cc(-c3ccccc3F)c2c1)c1ccc2[nH]cc(-c3ccccc3F)c2c1. The number of esters is 1. The molecule has 2 heterocycles. The van der Waals surface area contributed by atoms with Crippen molar-refractivity contribution in [2.75, 3.05) is 0 Å². The Morgan fingerprint density at radius 3 is 1.77 bits per heavy atom. The average molecular weight is 464 g/mol. The largest absolute Gasteiger partial charge is 0.423 e. The first kappa shape index (κ1) is 20.9. The maximum atomic E-state index is 14.4. The molecule has 4 aromatic carbocycles. The van der Waals surface area contributed by atoms with Crippen LogP contribution in [0.1, 0.15) is 10.4 Å². The van der Waals surface area contributed by atoms with E-state index in [2.05, 4.69) is 9.97 Å². The molecule has 0 spiro atoms. The van der Waals surface area contributed by atoms with Gasteiger partial charge in [0.15, 0.2) is 0 Å². The fourth-order valence-electron chi connectivity index (χ4n) is 4.38. The lowest BCUT2D eigenvalue weighted by Crippen LogP contribution is -2.08. The van der Waals surface area contributed by atoms with Crippen molar-refractivity contribution < 1.29 is 18.3 Å². The highest BCUT2D eigenvalue weighted by atomic mass is 19.1. The summed E-state index contributed by atoms with van der Waals surface area (Å²) in [5.41, 5.74) is 4.16. The van der Waals surface area contributed by atoms with Gasteiger partial charge in [0.25, 0.3) is 0 Å². The van der Waals surface area contributed by atoms with Crippen LogP contribution < -0.4 is 4.74 Å². The molecule has 6 aromatic rings. The van der Waals surface area contributed by atoms with Crippen molar-refractivity contribution in [3.63, 3.8) is 0 Å². The third-order valence-electron chi connectivity index (χ3n) is 6.11. The number of aromatic amines is 2. The number of aromatic nitrogens is 2. The zero-order valence-electron chi connectivity index (χ0n) is 18.3. The topological polar surface area (TPSA) is 57.9 Å². The molecule has 0 aliphatic rings. The number of hydrogen-bond acceptors (Lipinski definition) is 2. The van der Waals surface area contributed by atoms with E-state index in [1.165, 1.54) is 12.1 Å². The van der Waals surface area contributed by atoms with Crippen molar-refractivity contribution in [1.29, 1.82) is 0 Å². The van der Waals surface area contributed by atoms with Gasteiger partial charge in [0.2, 0.25) is 0 Å². The summed E-state index contributed by atoms with van der Waals surface area (Å²) in [6.07, 6.45) is 3.46. The lowest BCUT2D eigenvalue weighted by Gasteiger charge is -2.07. The first-order valence-electron chi connectivity index (χ1n) is 11.0. The van der Waals surface area contributed by atoms with Crippen LogP contribution in [-0.4, -0.2) is 15.9 Å². The summed E-state index contributed by atoms with van der Waals surface area (Å²) in [5, 5.41) is 1.45. The lowest BCUT2D eigenvalue weighted by atomic mass is 10.0. The van der Waals surface area contributed by atoms with E-state index in [1.807, 2.05) is 0 Å². The number of ether oxygens (including phenoxy) is 1. The number of fused-ring (bicyclic) bond motifs is 2. The molecule has 0 saturated carbocycles. The molecule has 0 amide bonds. The van der Waals surface area contributed by atoms with E-state index in [1.54, 1.807) is 85.2 Å². The number of benzene rings is 4. The molecule has 0 saturated heterocycles. The molecule has 6 heteroatoms. The predicted octanol–water partition coefficient (Wildman–Crippen LogP) is 7.48. The highest BCUT2D eigenvalue weighted by Gasteiger charge is 2.16. The molecular formula is C29H18F2N2O2. The van der Waals surface area contributed by atoms with Crippen LogP contribution in [-0.2, 0) is 0 Å². The van der Waals surface area contributed by atoms with E-state index in [0.29, 0.717) is 39.0 Å². The van der Waals surface area contributed by atoms with E-state index < -0.39 is 5.97 Å². The van der Waals surface area contributed by atoms with Crippen LogP contribution in [0.5, 0.6) is 5.75 Å². The van der Waals surface area contributed by atoms with Crippen LogP contribution >= 0.6 is 0 Å². The first-order valence-corrected chi connectivity index (χ1v) is 11.0. The molecule has 0 aliphatic heterocycles. The van der Waals surface area contributed by atoms with E-state index >= 15 is 0 Å². The van der Waals surface area contributed by atoms with Gasteiger partial charge in [-0.15, -0.1) is 0 Å². The van der Waals surface area contributed by atoms with E-state index in [-0.39, 0.29) is 11.6 Å². The second-order valence-electron chi connectivity index (χ2n) is 8.22. The highest BCUT2D eigenvalue weighted by molar-refractivity contribution is 6.02. The summed E-state index contributed by atoms with van der Waals surface area (Å²) in [5.74, 6) is -0.883. The molecule has 6 rings (SSSR count). The molecule has 0 bridgehead atoms. The summed E-state index contributed by atoms with van der Waals surface area (Å²) >= 11 is 0. The van der Waals surface area contributed by atoms with Crippen molar-refractivity contribution in [2.45, 2.75) is 0 Å². The highest BCUT2D eigenvalue weighted by Crippen LogP contribution is 2.34. The molecule has 2 N–H and O–H groups in total. The van der Waals surface area contributed by atoms with Gasteiger partial charge in [-0.1, -0.05) is 36.4 Å². The summed E-state index contributed by atoms with van der Waals surface area (Å²) < 4.78 is 34.4. The van der Waals surface area contributed by atoms with Gasteiger partial charge in [-0.3, -0.25) is 0 Å². The maximum Gasteiger partial charge on any atom is 0.343 e. The van der Waals surface area contributed by atoms with Gasteiger partial charge in [-0.2, -0.15) is 0 Å². The minimum atomic E-state index is -0.546. The molecule has 170 valence electrons. The van der Waals surface area contributed by atoms with Crippen LogP contribution in [0.25, 0.3) is 44.1 Å². The number of carbonyl (C=O) groups is 1. The fourth-order valence-corrected chi connectivity index (χ4v) is 4.38. The number of halogens is 2. The summed E-state index contributed by atoms with van der Waals surface area (Å²) in [6, 6.07) is 23.3. The van der Waals surface area contributed by atoms with Crippen LogP contribution in [0.3, 0.4) is 0 Å². The van der Waals surface area contributed by atoms with Crippen molar-refractivity contribution in [2.24, 2.45) is 0 Å². The lowest BCUT2D eigenvalue weighted by molar-refractivity contribution is 0.0735. The van der Waals surface area contributed by atoms with Crippen molar-refractivity contribution >= 4 is 27.8 Å². The van der Waals surface area contributed by atoms with Crippen molar-refractivity contribution in [1.82, 2.24) is 9.97 Å². The standard InChI is InChI=1S/C29H18F2N2O2/c30-25-7-3-1-5-19(25)23-15-32-27-11-9-17(13-21(23)27)29(34)35-18-10-12-28-22(14-18)24(16-33-28)20-6-2-4-8-26(20)31/h1-16,32-33H. The Balaban J connectivity index is 1.34. The monoisotopic (exact) mass is 464 g/mol. The Labute approximate surface area is 198 Å². The molecule has 35 heavy (non-hydrogen) atoms. The number of carbonyl (C=O) groups excluding carboxylic acids is 1. The minimum absolute atomic E-state index is 0.332. The van der Waals surface area contributed by atoms with Gasteiger partial charge in [0.05, 0.1) is 5.56 Å². The maximum absolute atomic E-state index is 14.4. The Kier molecular flexibility index (Phi) is 4.92. The summed E-state index contributed by atoms with van der Waals surface area (Å²) in [7, 11) is 0. The Hall–Kier alpha value is -4.71. The average Bonchev–Trinajstić information content (AvgIpc) is 3.48. The Morgan fingerprint density at radius 1 is 0.629 bits per heavy atom. The molecule has 0 radical (unpaired) electrons. The van der Waals surface area contributed by atoms with E-state index in [4.69, 9.17) is 4.74 Å². The molecule has 0 fully saturated rings. The van der Waals surface area contributed by atoms with Crippen molar-refractivity contribution in [3.05, 3.63) is 115 Å². The van der Waals surface area contributed by atoms with Gasteiger partial charge in [0.1, 0.15) is 17.4 Å². The zero-order valence-corrected chi connectivity index (χ0v) is 18.3. The second kappa shape index (κ2) is 8.25. The number of H-pyrrole nitrogens is 2. The van der Waals surface area contributed by atoms with Gasteiger partial charge >= 0.3 is 5.97 Å². The molecule has 0 aliphatic carbocycles. The Bertz CT molecular complexity index is 1730. The van der Waals surface area contributed by atoms with Gasteiger partial charge < -0.3 is 14.7 Å². The predicted molar refractivity (Wildman–Crippen MR) is 132 cm³/mol. The quantitative estimate of drug-likeness (QED) is 0.210. The Morgan fingerprint density at radius 2 is 1.17 bits per heavy atom. The minimum Gasteiger partial charge on any atom is -0.423 e. The second-order valence-corrected chi connectivity index (χ2v) is 8.22. The van der Waals surface area contributed by atoms with Crippen LogP contribution in [0.4, 0.5) is 8.78 Å². The van der Waals surface area contributed by atoms with Gasteiger partial charge in [0, 0.05) is 56.5 Å². The summed E-state index contributed by atoms with van der Waals surface area (Å²) in [6.45, 7) is 0. The van der Waals surface area contributed by atoms with Crippen molar-refractivity contribution in [3.8, 4) is 28.0 Å². The molecule has 4 nitrogen and oxygen atoms in total. The number of hydrogen-bond donors (Lipinski definition) is 2. The summed E-state index contributed by atoms with van der Waals surface area (Å²) in [4.78, 5) is 19.3. The fraction of sp³-hybridized carbons (Fsp3) is 0. The number of rotatable bonds is 4. The molecular weight excluding hydrogens is 446 g/mol. The van der Waals surface area contributed by atoms with Crippen LogP contribution in [0, 0.1) is 11.6 Å². The third kappa shape index (κ3) is 3.65. The smallest absolute Gasteiger partial charge is 0.343 e. The number of nitrogens with one attached hydrogen (secondary N) is 2. The third-order valence-corrected chi connectivity index (χ3v) is 6.11. The van der Waals surface area contributed by atoms with E-state index in [0.717, 1.165) is 16.4 Å². The van der Waals surface area contributed by atoms with Gasteiger partial charge in [-0.05, 0) is 48.5 Å². The zero-order chi connectivity index (χ0) is 23.9. The molecule has 0 unspecified atom stereocenters. The normalized spacial score (nSPS) is 11.3. The van der Waals surface area contributed by atoms with E-state index in [9.17, 15) is 13.6 Å². The van der Waals surface area contributed by atoms with Crippen LogP contribution in [0.15, 0.2) is 97.3 Å². The molecule has 0 atom stereocenters. The van der Waals surface area contributed by atoms with Crippen LogP contribution in [0.2, 0.25) is 0 Å². The molecule has 2 aromatic heterocycles. The first-order chi connectivity index (χ1) is 17.1.